The molecule has 41 heavy (non-hydrogen) atoms. The molecule has 0 radical (unpaired) electrons. The molecule has 0 aliphatic carbocycles. The summed E-state index contributed by atoms with van der Waals surface area (Å²) in [4.78, 5) is 0. The molecule has 0 unspecified atom stereocenters. The second-order valence-electron chi connectivity index (χ2n) is 11.9. The lowest BCUT2D eigenvalue weighted by Crippen LogP contribution is -2.59. The van der Waals surface area contributed by atoms with E-state index in [-0.39, 0.29) is 6.61 Å². The summed E-state index contributed by atoms with van der Waals surface area (Å²) in [6.07, 6.45) is 11.7. The number of rotatable bonds is 27. The molecule has 1 saturated heterocycles. The van der Waals surface area contributed by atoms with E-state index in [0.717, 1.165) is 38.5 Å². The average molecular weight is 593 g/mol. The van der Waals surface area contributed by atoms with E-state index in [1.165, 1.54) is 77.0 Å². The minimum absolute atomic E-state index is 0.185. The highest BCUT2D eigenvalue weighted by molar-refractivity contribution is 4.89. The molecule has 0 aromatic rings. The first-order valence-electron chi connectivity index (χ1n) is 16.8. The molecule has 0 amide bonds. The number of unbranched alkanes of at least 4 members (excludes halogenated alkanes) is 16. The van der Waals surface area contributed by atoms with Crippen LogP contribution < -0.4 is 0 Å². The summed E-state index contributed by atoms with van der Waals surface area (Å²) in [7, 11) is 0. The molecule has 0 saturated carbocycles. The Morgan fingerprint density at radius 3 is 1.63 bits per heavy atom. The Balaban J connectivity index is 2.44. The predicted molar refractivity (Wildman–Crippen MR) is 161 cm³/mol. The fraction of sp³-hybridized carbons (Fsp3) is 1.00. The van der Waals surface area contributed by atoms with Crippen molar-refractivity contribution in [2.45, 2.75) is 185 Å². The van der Waals surface area contributed by atoms with Crippen molar-refractivity contribution in [3.05, 3.63) is 0 Å². The Labute approximate surface area is 249 Å². The van der Waals surface area contributed by atoms with Crippen molar-refractivity contribution in [3.8, 4) is 0 Å². The van der Waals surface area contributed by atoms with Crippen LogP contribution in [0.3, 0.4) is 0 Å². The molecule has 1 fully saturated rings. The van der Waals surface area contributed by atoms with Crippen LogP contribution in [-0.2, 0) is 14.2 Å². The molecule has 1 aliphatic heterocycles. The highest BCUT2D eigenvalue weighted by Crippen LogP contribution is 2.23. The molecule has 0 spiro atoms. The maximum absolute atomic E-state index is 10.9. The molecule has 9 heteroatoms. The monoisotopic (exact) mass is 592 g/mol. The third kappa shape index (κ3) is 16.9. The van der Waals surface area contributed by atoms with Crippen LogP contribution >= 0.6 is 0 Å². The Morgan fingerprint density at radius 2 is 1.12 bits per heavy atom. The lowest BCUT2D eigenvalue weighted by atomic mass is 9.99. The Bertz CT molecular complexity index is 579. The fourth-order valence-electron chi connectivity index (χ4n) is 5.37. The van der Waals surface area contributed by atoms with Crippen molar-refractivity contribution in [2.75, 3.05) is 19.8 Å². The average Bonchev–Trinajstić information content (AvgIpc) is 2.98. The largest absolute Gasteiger partial charge is 0.394 e. The van der Waals surface area contributed by atoms with Crippen LogP contribution in [-0.4, -0.2) is 99.5 Å². The standard InChI is InChI=1S/C32H64O9/c1-3-5-7-9-11-12-13-14-15-16-17-19-21-25(34)28(35)27(39-22-20-18-10-8-6-4-2)24-40-32-31(38)30(37)29(36)26(23-33)41-32/h25-38H,3-24H2,1-2H3/t25-,26-,27+,28-,29+,30+,31-,32+/m1/s1. The lowest BCUT2D eigenvalue weighted by molar-refractivity contribution is -0.307. The molecule has 246 valence electrons. The number of ether oxygens (including phenoxy) is 3. The van der Waals surface area contributed by atoms with Crippen LogP contribution in [0.25, 0.3) is 0 Å². The van der Waals surface area contributed by atoms with Crippen molar-refractivity contribution < 1.29 is 44.8 Å². The minimum atomic E-state index is -1.55. The van der Waals surface area contributed by atoms with Crippen molar-refractivity contribution in [1.82, 2.24) is 0 Å². The summed E-state index contributed by atoms with van der Waals surface area (Å²) in [5.74, 6) is 0. The van der Waals surface area contributed by atoms with E-state index in [2.05, 4.69) is 13.8 Å². The van der Waals surface area contributed by atoms with Crippen LogP contribution in [0.5, 0.6) is 0 Å². The molecule has 0 bridgehead atoms. The number of aliphatic hydroxyl groups is 6. The quantitative estimate of drug-likeness (QED) is 0.0765. The molecule has 6 N–H and O–H groups in total. The SMILES string of the molecule is CCCCCCCCCCCCCC[C@@H](O)[C@@H](O)[C@H](CO[C@H]1O[C@H](CO)[C@H](O)[C@H](O)[C@H]1O)OCCCCCCCC. The third-order valence-corrected chi connectivity index (χ3v) is 8.23. The topological polar surface area (TPSA) is 149 Å². The van der Waals surface area contributed by atoms with E-state index < -0.39 is 55.6 Å². The lowest BCUT2D eigenvalue weighted by Gasteiger charge is -2.40. The van der Waals surface area contributed by atoms with Crippen molar-refractivity contribution in [2.24, 2.45) is 0 Å². The molecular weight excluding hydrogens is 528 g/mol. The van der Waals surface area contributed by atoms with Gasteiger partial charge in [-0.15, -0.1) is 0 Å². The Morgan fingerprint density at radius 1 is 0.634 bits per heavy atom. The zero-order valence-corrected chi connectivity index (χ0v) is 26.1. The second-order valence-corrected chi connectivity index (χ2v) is 11.9. The van der Waals surface area contributed by atoms with Crippen LogP contribution in [0.2, 0.25) is 0 Å². The summed E-state index contributed by atoms with van der Waals surface area (Å²) in [6.45, 7) is 4.08. The van der Waals surface area contributed by atoms with Gasteiger partial charge in [-0.3, -0.25) is 0 Å². The van der Waals surface area contributed by atoms with Gasteiger partial charge in [0.2, 0.25) is 0 Å². The minimum Gasteiger partial charge on any atom is -0.394 e. The van der Waals surface area contributed by atoms with E-state index in [1.807, 2.05) is 0 Å². The highest BCUT2D eigenvalue weighted by Gasteiger charge is 2.44. The van der Waals surface area contributed by atoms with Gasteiger partial charge in [-0.25, -0.2) is 0 Å². The molecule has 9 nitrogen and oxygen atoms in total. The van der Waals surface area contributed by atoms with Gasteiger partial charge in [0.1, 0.15) is 36.6 Å². The van der Waals surface area contributed by atoms with Gasteiger partial charge in [0.25, 0.3) is 0 Å². The molecule has 1 heterocycles. The van der Waals surface area contributed by atoms with E-state index in [4.69, 9.17) is 14.2 Å². The van der Waals surface area contributed by atoms with Gasteiger partial charge in [-0.2, -0.15) is 0 Å². The van der Waals surface area contributed by atoms with Gasteiger partial charge in [0, 0.05) is 6.61 Å². The predicted octanol–water partition coefficient (Wildman–Crippen LogP) is 4.36. The highest BCUT2D eigenvalue weighted by atomic mass is 16.7. The Hall–Kier alpha value is -0.360. The molecule has 0 aromatic carbocycles. The summed E-state index contributed by atoms with van der Waals surface area (Å²) >= 11 is 0. The summed E-state index contributed by atoms with van der Waals surface area (Å²) in [6, 6.07) is 0. The zero-order valence-electron chi connectivity index (χ0n) is 26.1. The van der Waals surface area contributed by atoms with Crippen LogP contribution in [0.4, 0.5) is 0 Å². The second kappa shape index (κ2) is 25.0. The van der Waals surface area contributed by atoms with E-state index in [0.29, 0.717) is 13.0 Å². The maximum atomic E-state index is 10.9. The molecule has 8 atom stereocenters. The summed E-state index contributed by atoms with van der Waals surface area (Å²) < 4.78 is 17.0. The van der Waals surface area contributed by atoms with Gasteiger partial charge in [-0.1, -0.05) is 123 Å². The smallest absolute Gasteiger partial charge is 0.186 e. The normalized spacial score (nSPS) is 25.3. The van der Waals surface area contributed by atoms with Gasteiger partial charge in [0.05, 0.1) is 19.3 Å². The number of hydrogen-bond donors (Lipinski definition) is 6. The van der Waals surface area contributed by atoms with Crippen LogP contribution in [0.15, 0.2) is 0 Å². The maximum Gasteiger partial charge on any atom is 0.186 e. The fourth-order valence-corrected chi connectivity index (χ4v) is 5.37. The van der Waals surface area contributed by atoms with E-state index >= 15 is 0 Å². The molecule has 0 aromatic heterocycles. The zero-order chi connectivity index (χ0) is 30.3. The summed E-state index contributed by atoms with van der Waals surface area (Å²) in [5.41, 5.74) is 0. The van der Waals surface area contributed by atoms with Gasteiger partial charge in [0.15, 0.2) is 6.29 Å². The van der Waals surface area contributed by atoms with Crippen molar-refractivity contribution in [1.29, 1.82) is 0 Å². The van der Waals surface area contributed by atoms with Crippen molar-refractivity contribution in [3.63, 3.8) is 0 Å². The van der Waals surface area contributed by atoms with Gasteiger partial charge < -0.3 is 44.8 Å². The summed E-state index contributed by atoms with van der Waals surface area (Å²) in [5, 5.41) is 61.4. The first-order chi connectivity index (χ1) is 19.9. The number of aliphatic hydroxyl groups excluding tert-OH is 6. The first-order valence-corrected chi connectivity index (χ1v) is 16.8. The van der Waals surface area contributed by atoms with Crippen LogP contribution in [0, 0.1) is 0 Å². The first kappa shape index (κ1) is 38.7. The molecule has 1 rings (SSSR count). The van der Waals surface area contributed by atoms with E-state index in [1.54, 1.807) is 0 Å². The van der Waals surface area contributed by atoms with E-state index in [9.17, 15) is 30.6 Å². The molecule has 1 aliphatic rings. The van der Waals surface area contributed by atoms with Gasteiger partial charge in [-0.05, 0) is 12.8 Å². The van der Waals surface area contributed by atoms with Gasteiger partial charge >= 0.3 is 0 Å². The third-order valence-electron chi connectivity index (χ3n) is 8.23. The number of hydrogen-bond acceptors (Lipinski definition) is 9. The van der Waals surface area contributed by atoms with Crippen molar-refractivity contribution >= 4 is 0 Å². The molecular formula is C32H64O9. The van der Waals surface area contributed by atoms with Crippen LogP contribution in [0.1, 0.15) is 136 Å². The Kier molecular flexibility index (Phi) is 23.6.